The van der Waals surface area contributed by atoms with Gasteiger partial charge >= 0.3 is 0 Å². The summed E-state index contributed by atoms with van der Waals surface area (Å²) in [4.78, 5) is 1.46. The van der Waals surface area contributed by atoms with E-state index in [2.05, 4.69) is 15.5 Å². The Kier molecular flexibility index (Phi) is 1.82. The fourth-order valence-electron chi connectivity index (χ4n) is 1.27. The van der Waals surface area contributed by atoms with E-state index in [1.165, 1.54) is 4.80 Å². The largest absolute Gasteiger partial charge is 0.386 e. The van der Waals surface area contributed by atoms with Gasteiger partial charge in [0.2, 0.25) is 0 Å². The number of aryl methyl sites for hydroxylation is 1. The van der Waals surface area contributed by atoms with Gasteiger partial charge in [0.05, 0.1) is 6.20 Å². The first kappa shape index (κ1) is 7.70. The highest BCUT2D eigenvalue weighted by Gasteiger charge is 2.28. The maximum absolute atomic E-state index is 9.70. The molecule has 0 amide bonds. The van der Waals surface area contributed by atoms with Crippen LogP contribution in [0.3, 0.4) is 0 Å². The third kappa shape index (κ3) is 1.21. The molecule has 12 heavy (non-hydrogen) atoms. The second-order valence-corrected chi connectivity index (χ2v) is 3.12. The topological polar surface area (TPSA) is 63.0 Å². The smallest absolute Gasteiger partial charge is 0.112 e. The number of nitrogens with one attached hydrogen (secondary N) is 1. The first-order valence-corrected chi connectivity index (χ1v) is 4.02. The minimum absolute atomic E-state index is 0.307. The second kappa shape index (κ2) is 2.84. The maximum atomic E-state index is 9.70. The first-order valence-electron chi connectivity index (χ1n) is 4.02. The van der Waals surface area contributed by atoms with Crippen LogP contribution in [-0.4, -0.2) is 33.2 Å². The van der Waals surface area contributed by atoms with E-state index in [0.29, 0.717) is 11.6 Å². The van der Waals surface area contributed by atoms with Crippen LogP contribution in [0, 0.1) is 5.92 Å². The number of aliphatic hydroxyl groups is 1. The van der Waals surface area contributed by atoms with Gasteiger partial charge in [0.1, 0.15) is 11.8 Å². The summed E-state index contributed by atoms with van der Waals surface area (Å²) in [6.45, 7) is 1.75. The molecule has 1 aromatic rings. The van der Waals surface area contributed by atoms with E-state index >= 15 is 0 Å². The average molecular weight is 168 g/mol. The van der Waals surface area contributed by atoms with Crippen LogP contribution in [-0.2, 0) is 7.05 Å². The van der Waals surface area contributed by atoms with E-state index in [9.17, 15) is 5.11 Å². The minimum Gasteiger partial charge on any atom is -0.386 e. The third-order valence-corrected chi connectivity index (χ3v) is 2.18. The van der Waals surface area contributed by atoms with Gasteiger partial charge in [-0.3, -0.25) is 0 Å². The molecule has 0 spiro atoms. The van der Waals surface area contributed by atoms with Crippen LogP contribution in [0.15, 0.2) is 6.20 Å². The quantitative estimate of drug-likeness (QED) is 0.598. The van der Waals surface area contributed by atoms with Gasteiger partial charge in [0.15, 0.2) is 0 Å². The second-order valence-electron chi connectivity index (χ2n) is 3.12. The van der Waals surface area contributed by atoms with Gasteiger partial charge in [-0.2, -0.15) is 15.0 Å². The summed E-state index contributed by atoms with van der Waals surface area (Å²) in [6.07, 6.45) is 1.16. The molecule has 0 aromatic carbocycles. The van der Waals surface area contributed by atoms with Crippen molar-refractivity contribution >= 4 is 0 Å². The lowest BCUT2D eigenvalue weighted by molar-refractivity contribution is 0.0726. The molecule has 5 heteroatoms. The van der Waals surface area contributed by atoms with Crippen LogP contribution in [0.5, 0.6) is 0 Å². The summed E-state index contributed by atoms with van der Waals surface area (Å²) in [7, 11) is 1.75. The first-order chi connectivity index (χ1) is 5.77. The minimum atomic E-state index is -0.458. The van der Waals surface area contributed by atoms with E-state index in [1.807, 2.05) is 0 Å². The number of aromatic nitrogens is 3. The fraction of sp³-hybridized carbons (Fsp3) is 0.714. The highest BCUT2D eigenvalue weighted by molar-refractivity contribution is 5.01. The zero-order valence-corrected chi connectivity index (χ0v) is 6.94. The van der Waals surface area contributed by atoms with Gasteiger partial charge in [-0.05, 0) is 0 Å². The number of nitrogens with zero attached hydrogens (tertiary/aromatic N) is 3. The Bertz CT molecular complexity index is 268. The molecule has 0 saturated carbocycles. The summed E-state index contributed by atoms with van der Waals surface area (Å²) in [6, 6.07) is 0. The van der Waals surface area contributed by atoms with Crippen molar-refractivity contribution in [3.05, 3.63) is 11.9 Å². The zero-order chi connectivity index (χ0) is 8.55. The lowest BCUT2D eigenvalue weighted by atomic mass is 9.95. The van der Waals surface area contributed by atoms with Crippen LogP contribution in [0.1, 0.15) is 11.8 Å². The monoisotopic (exact) mass is 168 g/mol. The normalized spacial score (nSPS) is 20.5. The zero-order valence-electron chi connectivity index (χ0n) is 6.94. The summed E-state index contributed by atoms with van der Waals surface area (Å²) in [5, 5.41) is 20.7. The van der Waals surface area contributed by atoms with E-state index in [-0.39, 0.29) is 0 Å². The predicted molar refractivity (Wildman–Crippen MR) is 42.3 cm³/mol. The van der Waals surface area contributed by atoms with Gasteiger partial charge in [0.25, 0.3) is 0 Å². The Morgan fingerprint density at radius 2 is 2.50 bits per heavy atom. The molecular weight excluding hydrogens is 156 g/mol. The van der Waals surface area contributed by atoms with Crippen molar-refractivity contribution < 1.29 is 5.11 Å². The molecule has 66 valence electrons. The molecule has 5 nitrogen and oxygen atoms in total. The van der Waals surface area contributed by atoms with Crippen LogP contribution in [0.25, 0.3) is 0 Å². The van der Waals surface area contributed by atoms with Crippen LogP contribution in [0.2, 0.25) is 0 Å². The Labute approximate surface area is 70.4 Å². The van der Waals surface area contributed by atoms with E-state index < -0.39 is 6.10 Å². The van der Waals surface area contributed by atoms with E-state index in [4.69, 9.17) is 0 Å². The van der Waals surface area contributed by atoms with Crippen LogP contribution < -0.4 is 5.32 Å². The molecule has 2 rings (SSSR count). The molecule has 1 atom stereocenters. The molecule has 2 heterocycles. The molecule has 1 aliphatic rings. The highest BCUT2D eigenvalue weighted by Crippen LogP contribution is 2.22. The third-order valence-electron chi connectivity index (χ3n) is 2.18. The maximum Gasteiger partial charge on any atom is 0.112 e. The van der Waals surface area contributed by atoms with Gasteiger partial charge < -0.3 is 10.4 Å². The SMILES string of the molecule is Cn1ncc(C(O)C2CNC2)n1. The fourth-order valence-corrected chi connectivity index (χ4v) is 1.27. The Balaban J connectivity index is 2.08. The van der Waals surface area contributed by atoms with E-state index in [1.54, 1.807) is 13.2 Å². The van der Waals surface area contributed by atoms with Crippen molar-refractivity contribution in [2.24, 2.45) is 13.0 Å². The molecule has 1 aromatic heterocycles. The van der Waals surface area contributed by atoms with Crippen LogP contribution in [0.4, 0.5) is 0 Å². The summed E-state index contributed by atoms with van der Waals surface area (Å²) in [5.74, 6) is 0.307. The Morgan fingerprint density at radius 3 is 2.92 bits per heavy atom. The van der Waals surface area contributed by atoms with Crippen molar-refractivity contribution in [3.63, 3.8) is 0 Å². The summed E-state index contributed by atoms with van der Waals surface area (Å²) < 4.78 is 0. The highest BCUT2D eigenvalue weighted by atomic mass is 16.3. The number of aliphatic hydroxyl groups excluding tert-OH is 1. The lowest BCUT2D eigenvalue weighted by Crippen LogP contribution is -2.45. The van der Waals surface area contributed by atoms with Crippen molar-refractivity contribution in [1.29, 1.82) is 0 Å². The molecule has 1 unspecified atom stereocenters. The molecular formula is C7H12N4O. The average Bonchev–Trinajstić information content (AvgIpc) is 2.31. The summed E-state index contributed by atoms with van der Waals surface area (Å²) in [5.41, 5.74) is 0.670. The van der Waals surface area contributed by atoms with Crippen LogP contribution >= 0.6 is 0 Å². The molecule has 1 fully saturated rings. The van der Waals surface area contributed by atoms with Gasteiger partial charge in [-0.1, -0.05) is 0 Å². The van der Waals surface area contributed by atoms with Gasteiger partial charge in [-0.25, -0.2) is 0 Å². The molecule has 1 aliphatic heterocycles. The Morgan fingerprint density at radius 1 is 1.75 bits per heavy atom. The van der Waals surface area contributed by atoms with Crippen molar-refractivity contribution in [2.75, 3.05) is 13.1 Å². The lowest BCUT2D eigenvalue weighted by Gasteiger charge is -2.30. The molecule has 0 aliphatic carbocycles. The van der Waals surface area contributed by atoms with Crippen molar-refractivity contribution in [2.45, 2.75) is 6.10 Å². The van der Waals surface area contributed by atoms with Gasteiger partial charge in [0, 0.05) is 26.1 Å². The number of hydrogen-bond acceptors (Lipinski definition) is 4. The van der Waals surface area contributed by atoms with E-state index in [0.717, 1.165) is 13.1 Å². The van der Waals surface area contributed by atoms with Crippen molar-refractivity contribution in [3.8, 4) is 0 Å². The number of hydrogen-bond donors (Lipinski definition) is 2. The van der Waals surface area contributed by atoms with Crippen molar-refractivity contribution in [1.82, 2.24) is 20.3 Å². The summed E-state index contributed by atoms with van der Waals surface area (Å²) >= 11 is 0. The predicted octanol–water partition coefficient (Wildman–Crippen LogP) is -0.932. The molecule has 0 radical (unpaired) electrons. The molecule has 2 N–H and O–H groups in total. The standard InChI is InChI=1S/C7H12N4O/c1-11-9-4-6(10-11)7(12)5-2-8-3-5/h4-5,7-8,12H,2-3H2,1H3. The molecule has 1 saturated heterocycles. The number of rotatable bonds is 2. The Hall–Kier alpha value is -0.940. The molecule has 0 bridgehead atoms. The van der Waals surface area contributed by atoms with Gasteiger partial charge in [-0.15, -0.1) is 0 Å².